The maximum atomic E-state index is 9.40. The Morgan fingerprint density at radius 2 is 1.62 bits per heavy atom. The Morgan fingerprint density at radius 1 is 1.14 bits per heavy atom. The van der Waals surface area contributed by atoms with E-state index in [9.17, 15) is 5.02 Å². The zero-order chi connectivity index (χ0) is 15.8. The lowest BCUT2D eigenvalue weighted by Gasteiger charge is -2.32. The van der Waals surface area contributed by atoms with E-state index in [0.717, 1.165) is 31.2 Å². The van der Waals surface area contributed by atoms with Crippen molar-refractivity contribution in [3.8, 4) is 0 Å². The molecule has 1 heterocycles. The van der Waals surface area contributed by atoms with Crippen molar-refractivity contribution < 1.29 is 14.3 Å². The van der Waals surface area contributed by atoms with Gasteiger partial charge in [0.2, 0.25) is 0 Å². The first-order chi connectivity index (χ1) is 9.62. The first-order valence-corrected chi connectivity index (χ1v) is 8.11. The van der Waals surface area contributed by atoms with E-state index in [4.69, 9.17) is 9.31 Å². The summed E-state index contributed by atoms with van der Waals surface area (Å²) < 4.78 is 12.2. The second-order valence-corrected chi connectivity index (χ2v) is 7.55. The van der Waals surface area contributed by atoms with Gasteiger partial charge in [-0.3, -0.25) is 0 Å². The molecule has 1 aliphatic carbocycles. The molecule has 0 atom stereocenters. The van der Waals surface area contributed by atoms with E-state index in [1.165, 1.54) is 0 Å². The highest BCUT2D eigenvalue weighted by Crippen LogP contribution is 2.41. The van der Waals surface area contributed by atoms with Crippen molar-refractivity contribution in [3.05, 3.63) is 12.1 Å². The Bertz CT molecular complexity index is 374. The van der Waals surface area contributed by atoms with Crippen LogP contribution in [-0.2, 0) is 9.31 Å². The molecule has 0 bridgehead atoms. The highest BCUT2D eigenvalue weighted by Gasteiger charge is 2.52. The summed E-state index contributed by atoms with van der Waals surface area (Å²) in [6, 6.07) is 0.410. The minimum absolute atomic E-state index is 0.290. The molecule has 0 aromatic carbocycles. The van der Waals surface area contributed by atoms with Crippen LogP contribution in [0.5, 0.6) is 0 Å². The molecular weight excluding hydrogens is 264 g/mol. The maximum Gasteiger partial charge on any atom is 0.490 e. The SMILES string of the molecule is C=C(B1OC(C)(C)C(C)(C)O1)[C@H]1CC[C@H](NB(C)O)CC1. The second-order valence-electron chi connectivity index (χ2n) is 7.55. The smallest absolute Gasteiger partial charge is 0.437 e. The van der Waals surface area contributed by atoms with Gasteiger partial charge in [0.05, 0.1) is 11.2 Å². The third kappa shape index (κ3) is 3.73. The fourth-order valence-electron chi connectivity index (χ4n) is 3.16. The summed E-state index contributed by atoms with van der Waals surface area (Å²) in [6.45, 7) is 14.3. The van der Waals surface area contributed by atoms with E-state index in [-0.39, 0.29) is 18.3 Å². The van der Waals surface area contributed by atoms with Crippen LogP contribution in [0.15, 0.2) is 12.1 Å². The number of allylic oxidation sites excluding steroid dienone is 1. The molecule has 21 heavy (non-hydrogen) atoms. The molecule has 2 rings (SSSR count). The van der Waals surface area contributed by atoms with E-state index < -0.39 is 7.05 Å². The van der Waals surface area contributed by atoms with Gasteiger partial charge in [-0.2, -0.15) is 0 Å². The Balaban J connectivity index is 1.89. The van der Waals surface area contributed by atoms with Crippen molar-refractivity contribution in [2.75, 3.05) is 0 Å². The molecule has 4 nitrogen and oxygen atoms in total. The molecule has 1 aliphatic heterocycles. The van der Waals surface area contributed by atoms with Gasteiger partial charge in [0.15, 0.2) is 0 Å². The molecule has 1 saturated carbocycles. The van der Waals surface area contributed by atoms with Crippen molar-refractivity contribution in [2.24, 2.45) is 5.92 Å². The summed E-state index contributed by atoms with van der Waals surface area (Å²) in [5, 5.41) is 12.6. The third-order valence-corrected chi connectivity index (χ3v) is 5.28. The van der Waals surface area contributed by atoms with Gasteiger partial charge in [-0.05, 0) is 77.6 Å². The summed E-state index contributed by atoms with van der Waals surface area (Å²) in [5.41, 5.74) is 0.473. The average Bonchev–Trinajstić information content (AvgIpc) is 2.58. The molecule has 2 fully saturated rings. The van der Waals surface area contributed by atoms with Gasteiger partial charge >= 0.3 is 14.2 Å². The summed E-state index contributed by atoms with van der Waals surface area (Å²) in [7, 11) is -0.723. The molecule has 0 spiro atoms. The molecule has 0 unspecified atom stereocenters. The Morgan fingerprint density at radius 3 is 2.05 bits per heavy atom. The molecule has 6 heteroatoms. The predicted octanol–water partition coefficient (Wildman–Crippen LogP) is 2.43. The van der Waals surface area contributed by atoms with Crippen molar-refractivity contribution >= 4 is 14.2 Å². The van der Waals surface area contributed by atoms with Gasteiger partial charge in [-0.15, -0.1) is 6.58 Å². The van der Waals surface area contributed by atoms with Crippen LogP contribution < -0.4 is 5.23 Å². The van der Waals surface area contributed by atoms with Crippen LogP contribution in [-0.4, -0.2) is 36.4 Å². The molecule has 2 N–H and O–H groups in total. The summed E-state index contributed by atoms with van der Waals surface area (Å²) >= 11 is 0. The summed E-state index contributed by atoms with van der Waals surface area (Å²) in [6.07, 6.45) is 4.28. The molecule has 0 amide bonds. The fraction of sp³-hybridized carbons (Fsp3) is 0.867. The number of rotatable bonds is 4. The van der Waals surface area contributed by atoms with Gasteiger partial charge in [0.1, 0.15) is 0 Å². The van der Waals surface area contributed by atoms with Crippen LogP contribution in [0.4, 0.5) is 0 Å². The van der Waals surface area contributed by atoms with Crippen molar-refractivity contribution in [1.29, 1.82) is 0 Å². The van der Waals surface area contributed by atoms with Crippen molar-refractivity contribution in [3.63, 3.8) is 0 Å². The molecule has 1 saturated heterocycles. The highest BCUT2D eigenvalue weighted by atomic mass is 16.7. The molecule has 118 valence electrons. The lowest BCUT2D eigenvalue weighted by Crippen LogP contribution is -2.42. The number of hydrogen-bond donors (Lipinski definition) is 2. The lowest BCUT2D eigenvalue weighted by molar-refractivity contribution is 0.00578. The van der Waals surface area contributed by atoms with E-state index in [1.54, 1.807) is 6.82 Å². The van der Waals surface area contributed by atoms with Crippen molar-refractivity contribution in [1.82, 2.24) is 5.23 Å². The lowest BCUT2D eigenvalue weighted by atomic mass is 9.66. The average molecular weight is 293 g/mol. The van der Waals surface area contributed by atoms with Crippen LogP contribution in [0.2, 0.25) is 6.82 Å². The van der Waals surface area contributed by atoms with E-state index in [0.29, 0.717) is 12.0 Å². The summed E-state index contributed by atoms with van der Waals surface area (Å²) in [4.78, 5) is 0. The maximum absolute atomic E-state index is 9.40. The van der Waals surface area contributed by atoms with Crippen LogP contribution in [0, 0.1) is 5.92 Å². The Kier molecular flexibility index (Phi) is 4.94. The number of hydrogen-bond acceptors (Lipinski definition) is 4. The summed E-state index contributed by atoms with van der Waals surface area (Å²) in [5.74, 6) is 0.451. The highest BCUT2D eigenvalue weighted by molar-refractivity contribution is 6.54. The van der Waals surface area contributed by atoms with Crippen LogP contribution in [0.3, 0.4) is 0 Å². The van der Waals surface area contributed by atoms with Gasteiger partial charge in [0, 0.05) is 0 Å². The minimum Gasteiger partial charge on any atom is -0.437 e. The molecule has 0 radical (unpaired) electrons. The van der Waals surface area contributed by atoms with E-state index in [2.05, 4.69) is 39.5 Å². The largest absolute Gasteiger partial charge is 0.490 e. The van der Waals surface area contributed by atoms with Crippen LogP contribution in [0.1, 0.15) is 53.4 Å². The normalized spacial score (nSPS) is 31.2. The van der Waals surface area contributed by atoms with Gasteiger partial charge in [-0.25, -0.2) is 0 Å². The van der Waals surface area contributed by atoms with Gasteiger partial charge in [-0.1, -0.05) is 0 Å². The van der Waals surface area contributed by atoms with Gasteiger partial charge < -0.3 is 19.6 Å². The molecule has 2 aliphatic rings. The zero-order valence-corrected chi connectivity index (χ0v) is 14.1. The standard InChI is InChI=1S/C15H29B2NO3/c1-11(17-20-14(2,3)15(4,5)21-17)12-7-9-13(10-8-12)18-16(6)19/h12-13,18-19H,1,7-10H2,2-6H3/t12-,13-. The fourth-order valence-corrected chi connectivity index (χ4v) is 3.16. The topological polar surface area (TPSA) is 50.7 Å². The molecule has 0 aromatic heterocycles. The van der Waals surface area contributed by atoms with E-state index in [1.807, 2.05) is 0 Å². The molecule has 0 aromatic rings. The zero-order valence-electron chi connectivity index (χ0n) is 14.1. The van der Waals surface area contributed by atoms with Gasteiger partial charge in [0.25, 0.3) is 0 Å². The van der Waals surface area contributed by atoms with Crippen molar-refractivity contribution in [2.45, 2.75) is 77.4 Å². The van der Waals surface area contributed by atoms with Crippen LogP contribution in [0.25, 0.3) is 0 Å². The third-order valence-electron chi connectivity index (χ3n) is 5.28. The first-order valence-electron chi connectivity index (χ1n) is 8.11. The molecular formula is C15H29B2NO3. The Labute approximate surface area is 129 Å². The predicted molar refractivity (Wildman–Crippen MR) is 87.9 cm³/mol. The Hall–Kier alpha value is -0.290. The van der Waals surface area contributed by atoms with Crippen LogP contribution >= 0.6 is 0 Å². The second kappa shape index (κ2) is 6.07. The number of nitrogens with one attached hydrogen (secondary N) is 1. The quantitative estimate of drug-likeness (QED) is 0.782. The monoisotopic (exact) mass is 293 g/mol. The minimum atomic E-state index is -0.433. The first kappa shape index (κ1) is 17.1. The van der Waals surface area contributed by atoms with E-state index >= 15 is 0 Å².